The predicted octanol–water partition coefficient (Wildman–Crippen LogP) is 1.16. The highest BCUT2D eigenvalue weighted by atomic mass is 16.5. The molecule has 7 nitrogen and oxygen atoms in total. The standard InChI is InChI=1S/C25H41NO6/c1-6-26-11-23(12-29-2)8-7-16(31-4)25-14-9-13-15(30-3)10-24(28,17(14)19(13)27)18(22(25)26)20(32-5)21(23)25/h13-22,27-28H,6-12H2,1-5H3/t13-,14+,15+,16-,17+,18-,19-,20+,21-,22+,23+,24-,25-/m0/s1. The zero-order chi connectivity index (χ0) is 22.6. The van der Waals surface area contributed by atoms with Gasteiger partial charge in [-0.2, -0.15) is 0 Å². The van der Waals surface area contributed by atoms with Crippen LogP contribution in [0.3, 0.4) is 0 Å². The maximum Gasteiger partial charge on any atom is 0.0796 e. The molecule has 1 spiro atoms. The number of fused-ring (bicyclic) bond motifs is 2. The largest absolute Gasteiger partial charge is 0.392 e. The smallest absolute Gasteiger partial charge is 0.0796 e. The maximum atomic E-state index is 12.6. The molecule has 5 aliphatic carbocycles. The molecule has 0 unspecified atom stereocenters. The van der Waals surface area contributed by atoms with Crippen molar-refractivity contribution >= 4 is 0 Å². The molecule has 2 N–H and O–H groups in total. The molecule has 0 aromatic heterocycles. The van der Waals surface area contributed by atoms with Gasteiger partial charge < -0.3 is 29.2 Å². The first-order valence-electron chi connectivity index (χ1n) is 12.6. The highest BCUT2D eigenvalue weighted by Crippen LogP contribution is 2.79. The number of rotatable bonds is 6. The Bertz CT molecular complexity index is 767. The second-order valence-corrected chi connectivity index (χ2v) is 11.8. The van der Waals surface area contributed by atoms with E-state index in [4.69, 9.17) is 18.9 Å². The number of aliphatic hydroxyl groups is 2. The number of aliphatic hydroxyl groups excluding tert-OH is 1. The van der Waals surface area contributed by atoms with Gasteiger partial charge in [0.15, 0.2) is 0 Å². The molecule has 182 valence electrons. The van der Waals surface area contributed by atoms with Gasteiger partial charge in [0.2, 0.25) is 0 Å². The number of hydrogen-bond donors (Lipinski definition) is 2. The average Bonchev–Trinajstić information content (AvgIpc) is 3.19. The summed E-state index contributed by atoms with van der Waals surface area (Å²) in [5.74, 6) is 0.310. The van der Waals surface area contributed by atoms with E-state index in [1.807, 2.05) is 21.3 Å². The lowest BCUT2D eigenvalue weighted by molar-refractivity contribution is -0.276. The molecular formula is C25H41NO6. The van der Waals surface area contributed by atoms with E-state index in [1.165, 1.54) is 0 Å². The number of likely N-dealkylation sites (tertiary alicyclic amines) is 1. The maximum absolute atomic E-state index is 12.6. The highest BCUT2D eigenvalue weighted by Gasteiger charge is 2.86. The lowest BCUT2D eigenvalue weighted by Crippen LogP contribution is -2.76. The van der Waals surface area contributed by atoms with Crippen molar-refractivity contribution in [2.45, 2.75) is 68.7 Å². The van der Waals surface area contributed by atoms with Crippen molar-refractivity contribution in [3.8, 4) is 0 Å². The van der Waals surface area contributed by atoms with Crippen LogP contribution in [0.15, 0.2) is 0 Å². The third-order valence-corrected chi connectivity index (χ3v) is 11.4. The molecule has 0 aromatic rings. The van der Waals surface area contributed by atoms with E-state index in [0.29, 0.717) is 13.0 Å². The monoisotopic (exact) mass is 451 g/mol. The van der Waals surface area contributed by atoms with Gasteiger partial charge in [-0.05, 0) is 31.7 Å². The SMILES string of the molecule is CCN1C[C@@]2(COC)CC[C@H](OC)[C@@]34[C@@H]5C[C@@H]6[C@H](O)[C@@H]5[C@@](O)(C[C@H]6OC)[C@@H]([C@@H](OC)[C@@H]23)[C@@H]14. The number of hydrogen-bond acceptors (Lipinski definition) is 7. The van der Waals surface area contributed by atoms with Gasteiger partial charge in [0.05, 0.1) is 36.6 Å². The molecule has 1 heterocycles. The van der Waals surface area contributed by atoms with Crippen LogP contribution in [-0.4, -0.2) is 99.3 Å². The van der Waals surface area contributed by atoms with Crippen molar-refractivity contribution in [3.05, 3.63) is 0 Å². The summed E-state index contributed by atoms with van der Waals surface area (Å²) >= 11 is 0. The molecule has 1 aliphatic heterocycles. The summed E-state index contributed by atoms with van der Waals surface area (Å²) in [4.78, 5) is 2.62. The van der Waals surface area contributed by atoms with Crippen LogP contribution >= 0.6 is 0 Å². The van der Waals surface area contributed by atoms with Crippen molar-refractivity contribution in [1.29, 1.82) is 0 Å². The Balaban J connectivity index is 1.63. The molecule has 7 bridgehead atoms. The van der Waals surface area contributed by atoms with Gasteiger partial charge in [-0.3, -0.25) is 4.90 Å². The summed E-state index contributed by atoms with van der Waals surface area (Å²) in [5, 5.41) is 24.1. The van der Waals surface area contributed by atoms with Crippen molar-refractivity contribution in [2.24, 2.45) is 40.4 Å². The van der Waals surface area contributed by atoms with E-state index in [0.717, 1.165) is 32.4 Å². The predicted molar refractivity (Wildman–Crippen MR) is 117 cm³/mol. The number of piperidine rings is 1. The van der Waals surface area contributed by atoms with Crippen LogP contribution in [0.1, 0.15) is 32.6 Å². The Hall–Kier alpha value is -0.280. The third-order valence-electron chi connectivity index (χ3n) is 11.4. The van der Waals surface area contributed by atoms with Crippen LogP contribution in [0.2, 0.25) is 0 Å². The first-order valence-corrected chi connectivity index (χ1v) is 12.6. The number of methoxy groups -OCH3 is 4. The summed E-state index contributed by atoms with van der Waals surface area (Å²) < 4.78 is 24.5. The van der Waals surface area contributed by atoms with Crippen LogP contribution in [0.25, 0.3) is 0 Å². The molecule has 0 aromatic carbocycles. The summed E-state index contributed by atoms with van der Waals surface area (Å²) in [5.41, 5.74) is -1.18. The fraction of sp³-hybridized carbons (Fsp3) is 1.00. The first kappa shape index (κ1) is 22.2. The topological polar surface area (TPSA) is 80.6 Å². The van der Waals surface area contributed by atoms with Gasteiger partial charge in [0, 0.05) is 81.9 Å². The second-order valence-electron chi connectivity index (χ2n) is 11.8. The van der Waals surface area contributed by atoms with Crippen LogP contribution in [0.4, 0.5) is 0 Å². The number of ether oxygens (including phenoxy) is 4. The fourth-order valence-corrected chi connectivity index (χ4v) is 11.0. The second kappa shape index (κ2) is 7.12. The molecule has 13 atom stereocenters. The molecule has 0 amide bonds. The van der Waals surface area contributed by atoms with Gasteiger partial charge in [-0.1, -0.05) is 6.92 Å². The highest BCUT2D eigenvalue weighted by molar-refractivity contribution is 5.35. The van der Waals surface area contributed by atoms with Crippen molar-refractivity contribution in [3.63, 3.8) is 0 Å². The molecule has 5 saturated carbocycles. The van der Waals surface area contributed by atoms with Gasteiger partial charge in [-0.15, -0.1) is 0 Å². The van der Waals surface area contributed by atoms with E-state index in [2.05, 4.69) is 11.8 Å². The van der Waals surface area contributed by atoms with E-state index in [9.17, 15) is 10.2 Å². The Kier molecular flexibility index (Phi) is 4.94. The Morgan fingerprint density at radius 3 is 2.47 bits per heavy atom. The van der Waals surface area contributed by atoms with Crippen molar-refractivity contribution in [1.82, 2.24) is 4.90 Å². The van der Waals surface area contributed by atoms with Crippen LogP contribution < -0.4 is 0 Å². The number of nitrogens with zero attached hydrogens (tertiary/aromatic N) is 1. The molecule has 7 heteroatoms. The fourth-order valence-electron chi connectivity index (χ4n) is 11.0. The minimum atomic E-state index is -0.999. The van der Waals surface area contributed by atoms with Gasteiger partial charge in [-0.25, -0.2) is 0 Å². The normalized spacial score (nSPS) is 60.1. The lowest BCUT2D eigenvalue weighted by Gasteiger charge is -2.69. The minimum absolute atomic E-state index is 0.0234. The first-order chi connectivity index (χ1) is 15.4. The summed E-state index contributed by atoms with van der Waals surface area (Å²) in [6, 6.07) is 0.186. The van der Waals surface area contributed by atoms with E-state index in [1.54, 1.807) is 7.11 Å². The molecule has 0 radical (unpaired) electrons. The summed E-state index contributed by atoms with van der Waals surface area (Å²) in [6.45, 7) is 4.86. The quantitative estimate of drug-likeness (QED) is 0.627. The van der Waals surface area contributed by atoms with Gasteiger partial charge >= 0.3 is 0 Å². The van der Waals surface area contributed by atoms with Crippen LogP contribution in [0, 0.1) is 40.4 Å². The third kappa shape index (κ3) is 2.19. The molecule has 32 heavy (non-hydrogen) atoms. The Labute approximate surface area is 191 Å². The van der Waals surface area contributed by atoms with E-state index < -0.39 is 11.7 Å². The zero-order valence-corrected chi connectivity index (χ0v) is 20.2. The average molecular weight is 452 g/mol. The molecule has 6 rings (SSSR count). The van der Waals surface area contributed by atoms with Gasteiger partial charge in [0.1, 0.15) is 0 Å². The Morgan fingerprint density at radius 2 is 1.84 bits per heavy atom. The van der Waals surface area contributed by atoms with Crippen LogP contribution in [-0.2, 0) is 18.9 Å². The molecular weight excluding hydrogens is 410 g/mol. The summed E-state index contributed by atoms with van der Waals surface area (Å²) in [7, 11) is 7.23. The van der Waals surface area contributed by atoms with Gasteiger partial charge in [0.25, 0.3) is 0 Å². The van der Waals surface area contributed by atoms with E-state index >= 15 is 0 Å². The molecule has 6 fully saturated rings. The Morgan fingerprint density at radius 1 is 1.06 bits per heavy atom. The van der Waals surface area contributed by atoms with E-state index in [-0.39, 0.29) is 64.8 Å². The lowest BCUT2D eigenvalue weighted by atomic mass is 9.43. The van der Waals surface area contributed by atoms with Crippen molar-refractivity contribution in [2.75, 3.05) is 48.1 Å². The molecule has 1 saturated heterocycles. The summed E-state index contributed by atoms with van der Waals surface area (Å²) in [6.07, 6.45) is 2.89. The van der Waals surface area contributed by atoms with Crippen molar-refractivity contribution < 1.29 is 29.2 Å². The minimum Gasteiger partial charge on any atom is -0.392 e. The van der Waals surface area contributed by atoms with Crippen LogP contribution in [0.5, 0.6) is 0 Å². The molecule has 6 aliphatic rings. The zero-order valence-electron chi connectivity index (χ0n) is 20.2.